The number of benzene rings is 2. The van der Waals surface area contributed by atoms with E-state index < -0.39 is 35.9 Å². The SMILES string of the molecule is O=C(COc1ccccc1C(F)(F)F)NCC(=O)Nc1ccccc1. The molecule has 2 aromatic carbocycles. The van der Waals surface area contributed by atoms with Gasteiger partial charge in [0.25, 0.3) is 5.91 Å². The van der Waals surface area contributed by atoms with Crippen LogP contribution in [0.25, 0.3) is 0 Å². The lowest BCUT2D eigenvalue weighted by atomic mass is 10.2. The van der Waals surface area contributed by atoms with E-state index in [1.54, 1.807) is 30.3 Å². The molecule has 0 spiro atoms. The number of hydrogen-bond donors (Lipinski definition) is 2. The van der Waals surface area contributed by atoms with Gasteiger partial charge in [-0.2, -0.15) is 13.2 Å². The fraction of sp³-hybridized carbons (Fsp3) is 0.176. The molecule has 2 amide bonds. The van der Waals surface area contributed by atoms with E-state index in [4.69, 9.17) is 4.74 Å². The van der Waals surface area contributed by atoms with Gasteiger partial charge in [0.05, 0.1) is 12.1 Å². The van der Waals surface area contributed by atoms with Crippen LogP contribution in [-0.4, -0.2) is 25.0 Å². The first-order valence-electron chi connectivity index (χ1n) is 7.27. The van der Waals surface area contributed by atoms with Gasteiger partial charge in [-0.1, -0.05) is 30.3 Å². The lowest BCUT2D eigenvalue weighted by molar-refractivity contribution is -0.139. The third-order valence-corrected chi connectivity index (χ3v) is 3.05. The molecule has 0 bridgehead atoms. The summed E-state index contributed by atoms with van der Waals surface area (Å²) < 4.78 is 43.3. The van der Waals surface area contributed by atoms with E-state index >= 15 is 0 Å². The molecule has 25 heavy (non-hydrogen) atoms. The van der Waals surface area contributed by atoms with Crippen LogP contribution in [0.2, 0.25) is 0 Å². The Hall–Kier alpha value is -3.03. The van der Waals surface area contributed by atoms with E-state index in [-0.39, 0.29) is 6.54 Å². The smallest absolute Gasteiger partial charge is 0.419 e. The number of nitrogens with one attached hydrogen (secondary N) is 2. The first-order valence-corrected chi connectivity index (χ1v) is 7.27. The minimum absolute atomic E-state index is 0.321. The van der Waals surface area contributed by atoms with Crippen LogP contribution in [0.4, 0.5) is 18.9 Å². The highest BCUT2D eigenvalue weighted by atomic mass is 19.4. The maximum absolute atomic E-state index is 12.8. The van der Waals surface area contributed by atoms with Gasteiger partial charge in [-0.25, -0.2) is 0 Å². The predicted octanol–water partition coefficient (Wildman–Crippen LogP) is 2.84. The van der Waals surface area contributed by atoms with Crippen molar-refractivity contribution < 1.29 is 27.5 Å². The zero-order valence-corrected chi connectivity index (χ0v) is 13.0. The monoisotopic (exact) mass is 352 g/mol. The summed E-state index contributed by atoms with van der Waals surface area (Å²) in [6.07, 6.45) is -4.58. The number of halogens is 3. The number of hydrogen-bond acceptors (Lipinski definition) is 3. The molecule has 0 aliphatic rings. The average molecular weight is 352 g/mol. The third kappa shape index (κ3) is 5.83. The Morgan fingerprint density at radius 3 is 2.24 bits per heavy atom. The van der Waals surface area contributed by atoms with Crippen LogP contribution >= 0.6 is 0 Å². The maximum Gasteiger partial charge on any atom is 0.419 e. The van der Waals surface area contributed by atoms with Crippen molar-refractivity contribution in [2.75, 3.05) is 18.5 Å². The quantitative estimate of drug-likeness (QED) is 0.840. The summed E-state index contributed by atoms with van der Waals surface area (Å²) in [6.45, 7) is -0.955. The number of amides is 2. The van der Waals surface area contributed by atoms with Crippen LogP contribution in [0, 0.1) is 0 Å². The molecule has 0 aromatic heterocycles. The second-order valence-corrected chi connectivity index (χ2v) is 4.97. The van der Waals surface area contributed by atoms with Crippen molar-refractivity contribution >= 4 is 17.5 Å². The highest BCUT2D eigenvalue weighted by Crippen LogP contribution is 2.35. The van der Waals surface area contributed by atoms with Gasteiger partial charge in [0.2, 0.25) is 5.91 Å². The van der Waals surface area contributed by atoms with Crippen LogP contribution in [0.5, 0.6) is 5.75 Å². The van der Waals surface area contributed by atoms with Crippen molar-refractivity contribution in [3.8, 4) is 5.75 Å². The molecule has 5 nitrogen and oxygen atoms in total. The van der Waals surface area contributed by atoms with Gasteiger partial charge in [0.1, 0.15) is 5.75 Å². The fourth-order valence-electron chi connectivity index (χ4n) is 1.93. The van der Waals surface area contributed by atoms with Crippen molar-refractivity contribution in [3.05, 3.63) is 60.2 Å². The van der Waals surface area contributed by atoms with Gasteiger partial charge < -0.3 is 15.4 Å². The Labute approximate surface area is 141 Å². The van der Waals surface area contributed by atoms with Crippen LogP contribution < -0.4 is 15.4 Å². The van der Waals surface area contributed by atoms with Gasteiger partial charge >= 0.3 is 6.18 Å². The topological polar surface area (TPSA) is 67.4 Å². The number of para-hydroxylation sites is 2. The Morgan fingerprint density at radius 1 is 0.920 bits per heavy atom. The van der Waals surface area contributed by atoms with Crippen molar-refractivity contribution in [2.45, 2.75) is 6.18 Å². The zero-order valence-electron chi connectivity index (χ0n) is 13.0. The first kappa shape index (κ1) is 18.3. The first-order chi connectivity index (χ1) is 11.9. The molecule has 2 rings (SSSR count). The zero-order chi connectivity index (χ0) is 18.3. The van der Waals surface area contributed by atoms with Gasteiger partial charge in [0, 0.05) is 5.69 Å². The van der Waals surface area contributed by atoms with Crippen LogP contribution in [0.15, 0.2) is 54.6 Å². The summed E-state index contributed by atoms with van der Waals surface area (Å²) in [7, 11) is 0. The molecule has 0 saturated heterocycles. The molecule has 0 aliphatic carbocycles. The van der Waals surface area contributed by atoms with Crippen molar-refractivity contribution in [3.63, 3.8) is 0 Å². The molecule has 8 heteroatoms. The number of anilines is 1. The number of carbonyl (C=O) groups excluding carboxylic acids is 2. The molecule has 0 unspecified atom stereocenters. The summed E-state index contributed by atoms with van der Waals surface area (Å²) in [6, 6.07) is 13.2. The predicted molar refractivity (Wildman–Crippen MR) is 85.0 cm³/mol. The second kappa shape index (κ2) is 8.18. The number of alkyl halides is 3. The standard InChI is InChI=1S/C17H15F3N2O3/c18-17(19,20)13-8-4-5-9-14(13)25-11-16(24)21-10-15(23)22-12-6-2-1-3-7-12/h1-9H,10-11H2,(H,21,24)(H,22,23). The minimum atomic E-state index is -4.58. The number of ether oxygens (including phenoxy) is 1. The lowest BCUT2D eigenvalue weighted by Gasteiger charge is -2.13. The fourth-order valence-corrected chi connectivity index (χ4v) is 1.93. The molecule has 0 fully saturated rings. The average Bonchev–Trinajstić information content (AvgIpc) is 2.58. The number of rotatable bonds is 6. The van der Waals surface area contributed by atoms with Crippen LogP contribution in [0.3, 0.4) is 0 Å². The van der Waals surface area contributed by atoms with Gasteiger partial charge in [-0.15, -0.1) is 0 Å². The third-order valence-electron chi connectivity index (χ3n) is 3.05. The largest absolute Gasteiger partial charge is 0.483 e. The molecule has 0 heterocycles. The summed E-state index contributed by atoms with van der Waals surface area (Å²) in [5, 5.41) is 4.83. The highest BCUT2D eigenvalue weighted by Gasteiger charge is 2.34. The number of carbonyl (C=O) groups is 2. The summed E-state index contributed by atoms with van der Waals surface area (Å²) >= 11 is 0. The highest BCUT2D eigenvalue weighted by molar-refractivity contribution is 5.94. The molecular weight excluding hydrogens is 337 g/mol. The second-order valence-electron chi connectivity index (χ2n) is 4.97. The van der Waals surface area contributed by atoms with Crippen molar-refractivity contribution in [1.82, 2.24) is 5.32 Å². The van der Waals surface area contributed by atoms with E-state index in [0.717, 1.165) is 12.1 Å². The summed E-state index contributed by atoms with van der Waals surface area (Å²) in [5.41, 5.74) is -0.401. The Kier molecular flexibility index (Phi) is 5.99. The van der Waals surface area contributed by atoms with Crippen LogP contribution in [0.1, 0.15) is 5.56 Å². The van der Waals surface area contributed by atoms with Crippen molar-refractivity contribution in [1.29, 1.82) is 0 Å². The molecule has 2 aromatic rings. The molecule has 0 radical (unpaired) electrons. The molecule has 2 N–H and O–H groups in total. The van der Waals surface area contributed by atoms with E-state index in [1.807, 2.05) is 0 Å². The molecule has 0 aliphatic heterocycles. The lowest BCUT2D eigenvalue weighted by Crippen LogP contribution is -2.35. The Morgan fingerprint density at radius 2 is 1.56 bits per heavy atom. The van der Waals surface area contributed by atoms with Gasteiger partial charge in [0.15, 0.2) is 6.61 Å². The summed E-state index contributed by atoms with van der Waals surface area (Å²) in [4.78, 5) is 23.3. The Bertz CT molecular complexity index is 733. The minimum Gasteiger partial charge on any atom is -0.483 e. The molecule has 132 valence electrons. The molecular formula is C17H15F3N2O3. The van der Waals surface area contributed by atoms with Gasteiger partial charge in [-0.3, -0.25) is 9.59 Å². The van der Waals surface area contributed by atoms with E-state index in [9.17, 15) is 22.8 Å². The van der Waals surface area contributed by atoms with Crippen LogP contribution in [-0.2, 0) is 15.8 Å². The van der Waals surface area contributed by atoms with Crippen molar-refractivity contribution in [2.24, 2.45) is 0 Å². The summed E-state index contributed by atoms with van der Waals surface area (Å²) in [5.74, 6) is -1.62. The maximum atomic E-state index is 12.8. The molecule has 0 saturated carbocycles. The van der Waals surface area contributed by atoms with Gasteiger partial charge in [-0.05, 0) is 24.3 Å². The Balaban J connectivity index is 1.81. The normalized spacial score (nSPS) is 10.8. The van der Waals surface area contributed by atoms with E-state index in [0.29, 0.717) is 5.69 Å². The molecule has 0 atom stereocenters. The van der Waals surface area contributed by atoms with E-state index in [2.05, 4.69) is 10.6 Å². The van der Waals surface area contributed by atoms with E-state index in [1.165, 1.54) is 12.1 Å².